The van der Waals surface area contributed by atoms with E-state index in [1.165, 1.54) is 9.75 Å². The van der Waals surface area contributed by atoms with E-state index >= 15 is 0 Å². The lowest BCUT2D eigenvalue weighted by Crippen LogP contribution is -2.29. The lowest BCUT2D eigenvalue weighted by Gasteiger charge is -2.28. The second-order valence-corrected chi connectivity index (χ2v) is 8.19. The zero-order valence-electron chi connectivity index (χ0n) is 15.9. The molecule has 0 amide bonds. The van der Waals surface area contributed by atoms with Crippen molar-refractivity contribution in [1.29, 1.82) is 0 Å². The molecule has 1 fully saturated rings. The number of ether oxygens (including phenoxy) is 2. The molecule has 28 heavy (non-hydrogen) atoms. The third-order valence-electron chi connectivity index (χ3n) is 4.80. The van der Waals surface area contributed by atoms with Crippen molar-refractivity contribution in [2.75, 3.05) is 19.1 Å². The van der Waals surface area contributed by atoms with Crippen LogP contribution in [0, 0.1) is 6.92 Å². The normalized spacial score (nSPS) is 18.8. The molecule has 0 saturated carbocycles. The minimum atomic E-state index is -0.0569. The Morgan fingerprint density at radius 2 is 1.96 bits per heavy atom. The van der Waals surface area contributed by atoms with E-state index in [9.17, 15) is 0 Å². The van der Waals surface area contributed by atoms with Gasteiger partial charge in [-0.1, -0.05) is 6.07 Å². The van der Waals surface area contributed by atoms with Gasteiger partial charge >= 0.3 is 0 Å². The first-order valence-corrected chi connectivity index (χ1v) is 10.1. The van der Waals surface area contributed by atoms with Crippen molar-refractivity contribution < 1.29 is 9.47 Å². The summed E-state index contributed by atoms with van der Waals surface area (Å²) in [6.07, 6.45) is 1.81. The van der Waals surface area contributed by atoms with E-state index < -0.39 is 0 Å². The van der Waals surface area contributed by atoms with Gasteiger partial charge in [-0.15, -0.1) is 11.3 Å². The predicted octanol–water partition coefficient (Wildman–Crippen LogP) is 4.65. The molecule has 0 spiro atoms. The summed E-state index contributed by atoms with van der Waals surface area (Å²) in [6.45, 7) is 2.11. The van der Waals surface area contributed by atoms with Gasteiger partial charge in [0.1, 0.15) is 11.5 Å². The average molecular weight is 412 g/mol. The summed E-state index contributed by atoms with van der Waals surface area (Å²) in [5, 5.41) is 4.12. The van der Waals surface area contributed by atoms with Crippen LogP contribution in [0.3, 0.4) is 0 Å². The number of aromatic nitrogens is 1. The predicted molar refractivity (Wildman–Crippen MR) is 117 cm³/mol. The summed E-state index contributed by atoms with van der Waals surface area (Å²) in [4.78, 5) is 9.18. The molecule has 0 radical (unpaired) electrons. The second kappa shape index (κ2) is 7.77. The van der Waals surface area contributed by atoms with Crippen LogP contribution in [0.25, 0.3) is 0 Å². The maximum Gasteiger partial charge on any atom is 0.174 e. The fourth-order valence-electron chi connectivity index (χ4n) is 3.50. The van der Waals surface area contributed by atoms with Gasteiger partial charge in [0.25, 0.3) is 0 Å². The highest BCUT2D eigenvalue weighted by Crippen LogP contribution is 2.46. The summed E-state index contributed by atoms with van der Waals surface area (Å²) in [6, 6.07) is 16.0. The molecule has 144 valence electrons. The van der Waals surface area contributed by atoms with Gasteiger partial charge in [0.05, 0.1) is 37.7 Å². The highest BCUT2D eigenvalue weighted by Gasteiger charge is 2.42. The Morgan fingerprint density at radius 3 is 2.61 bits per heavy atom. The quantitative estimate of drug-likeness (QED) is 0.617. The lowest BCUT2D eigenvalue weighted by molar-refractivity contribution is 0.394. The summed E-state index contributed by atoms with van der Waals surface area (Å²) < 4.78 is 11.0. The van der Waals surface area contributed by atoms with E-state index in [4.69, 9.17) is 21.7 Å². The fraction of sp³-hybridized carbons (Fsp3) is 0.238. The highest BCUT2D eigenvalue weighted by atomic mass is 32.1. The SMILES string of the molecule is COc1ccc(N2C(=S)N[C@@H](c3ccccn3)[C@@H]2c2ccc(C)s2)c(OC)c1. The molecular weight excluding hydrogens is 390 g/mol. The van der Waals surface area contributed by atoms with Crippen molar-refractivity contribution in [1.82, 2.24) is 10.3 Å². The Kier molecular flexibility index (Phi) is 5.19. The molecule has 0 unspecified atom stereocenters. The molecule has 7 heteroatoms. The molecular formula is C21H21N3O2S2. The minimum absolute atomic E-state index is 0.0246. The zero-order valence-corrected chi connectivity index (χ0v) is 17.5. The monoisotopic (exact) mass is 411 g/mol. The third kappa shape index (κ3) is 3.31. The van der Waals surface area contributed by atoms with Crippen LogP contribution in [0.1, 0.15) is 27.5 Å². The molecule has 1 aliphatic rings. The van der Waals surface area contributed by atoms with Gasteiger partial charge < -0.3 is 19.7 Å². The number of hydrogen-bond acceptors (Lipinski definition) is 5. The van der Waals surface area contributed by atoms with Gasteiger partial charge in [0, 0.05) is 22.0 Å². The van der Waals surface area contributed by atoms with Gasteiger partial charge in [0.2, 0.25) is 0 Å². The number of hydrogen-bond donors (Lipinski definition) is 1. The largest absolute Gasteiger partial charge is 0.497 e. The molecule has 5 nitrogen and oxygen atoms in total. The van der Waals surface area contributed by atoms with E-state index in [1.54, 1.807) is 25.6 Å². The summed E-state index contributed by atoms with van der Waals surface area (Å²) in [5.74, 6) is 1.45. The van der Waals surface area contributed by atoms with Gasteiger partial charge in [-0.3, -0.25) is 4.98 Å². The average Bonchev–Trinajstić information content (AvgIpc) is 3.30. The Balaban J connectivity index is 1.84. The molecule has 2 aromatic heterocycles. The number of aryl methyl sites for hydroxylation is 1. The molecule has 1 saturated heterocycles. The number of thiophene rings is 1. The van der Waals surface area contributed by atoms with Crippen molar-refractivity contribution in [3.8, 4) is 11.5 Å². The number of benzene rings is 1. The number of nitrogens with one attached hydrogen (secondary N) is 1. The van der Waals surface area contributed by atoms with Crippen LogP contribution < -0.4 is 19.7 Å². The van der Waals surface area contributed by atoms with Crippen molar-refractivity contribution in [3.63, 3.8) is 0 Å². The van der Waals surface area contributed by atoms with Crippen molar-refractivity contribution in [3.05, 3.63) is 70.2 Å². The van der Waals surface area contributed by atoms with E-state index in [-0.39, 0.29) is 12.1 Å². The number of methoxy groups -OCH3 is 2. The molecule has 3 aromatic rings. The standard InChI is InChI=1S/C21H21N3O2S2/c1-13-7-10-18(28-13)20-19(15-6-4-5-11-22-15)23-21(27)24(20)16-9-8-14(25-2)12-17(16)26-3/h4-12,19-20H,1-3H3,(H,23,27)/t19-,20-/m0/s1. The maximum atomic E-state index is 5.76. The van der Waals surface area contributed by atoms with E-state index in [0.29, 0.717) is 10.9 Å². The second-order valence-electron chi connectivity index (χ2n) is 6.48. The summed E-state index contributed by atoms with van der Waals surface area (Å²) in [5.41, 5.74) is 1.85. The van der Waals surface area contributed by atoms with Gasteiger partial charge in [-0.25, -0.2) is 0 Å². The van der Waals surface area contributed by atoms with Gasteiger partial charge in [-0.2, -0.15) is 0 Å². The number of rotatable bonds is 5. The van der Waals surface area contributed by atoms with Crippen LogP contribution in [-0.4, -0.2) is 24.3 Å². The van der Waals surface area contributed by atoms with E-state index in [0.717, 1.165) is 17.1 Å². The van der Waals surface area contributed by atoms with Crippen molar-refractivity contribution >= 4 is 34.4 Å². The Labute approximate surface area is 173 Å². The topological polar surface area (TPSA) is 46.6 Å². The molecule has 0 bridgehead atoms. The van der Waals surface area contributed by atoms with Crippen LogP contribution in [0.5, 0.6) is 11.5 Å². The molecule has 2 atom stereocenters. The van der Waals surface area contributed by atoms with Gasteiger partial charge in [0.15, 0.2) is 5.11 Å². The molecule has 3 heterocycles. The lowest BCUT2D eigenvalue weighted by atomic mass is 10.0. The Hall–Kier alpha value is -2.64. The number of thiocarbonyl (C=S) groups is 1. The van der Waals surface area contributed by atoms with Crippen molar-refractivity contribution in [2.24, 2.45) is 0 Å². The Bertz CT molecular complexity index is 990. The van der Waals surface area contributed by atoms with Crippen LogP contribution in [0.2, 0.25) is 0 Å². The van der Waals surface area contributed by atoms with Crippen molar-refractivity contribution in [2.45, 2.75) is 19.0 Å². The first kappa shape index (κ1) is 18.7. The first-order valence-electron chi connectivity index (χ1n) is 8.91. The van der Waals surface area contributed by atoms with E-state index in [1.807, 2.05) is 42.6 Å². The third-order valence-corrected chi connectivity index (χ3v) is 6.18. The summed E-state index contributed by atoms with van der Waals surface area (Å²) >= 11 is 7.53. The van der Waals surface area contributed by atoms with Crippen LogP contribution >= 0.6 is 23.6 Å². The van der Waals surface area contributed by atoms with Gasteiger partial charge in [-0.05, 0) is 55.5 Å². The van der Waals surface area contributed by atoms with Crippen LogP contribution in [0.4, 0.5) is 5.69 Å². The fourth-order valence-corrected chi connectivity index (χ4v) is 4.84. The highest BCUT2D eigenvalue weighted by molar-refractivity contribution is 7.80. The molecule has 1 N–H and O–H groups in total. The first-order chi connectivity index (χ1) is 13.6. The molecule has 0 aliphatic carbocycles. The molecule has 1 aromatic carbocycles. The Morgan fingerprint density at radius 1 is 1.11 bits per heavy atom. The van der Waals surface area contributed by atoms with Crippen LogP contribution in [-0.2, 0) is 0 Å². The maximum absolute atomic E-state index is 5.76. The smallest absolute Gasteiger partial charge is 0.174 e. The number of pyridine rings is 1. The summed E-state index contributed by atoms with van der Waals surface area (Å²) in [7, 11) is 3.30. The minimum Gasteiger partial charge on any atom is -0.497 e. The number of anilines is 1. The van der Waals surface area contributed by atoms with Crippen LogP contribution in [0.15, 0.2) is 54.7 Å². The zero-order chi connectivity index (χ0) is 19.7. The van der Waals surface area contributed by atoms with E-state index in [2.05, 4.69) is 34.3 Å². The number of nitrogens with zero attached hydrogens (tertiary/aromatic N) is 2. The molecule has 4 rings (SSSR count). The molecule has 1 aliphatic heterocycles.